The molecular formula is C13H12O3. The maximum Gasteiger partial charge on any atom is 0.188 e. The Labute approximate surface area is 93.7 Å². The molecule has 1 aliphatic rings. The van der Waals surface area contributed by atoms with Crippen LogP contribution in [0.4, 0.5) is 0 Å². The van der Waals surface area contributed by atoms with Crippen molar-refractivity contribution >= 4 is 5.78 Å². The van der Waals surface area contributed by atoms with Gasteiger partial charge in [0.1, 0.15) is 18.5 Å². The molecule has 0 fully saturated rings. The van der Waals surface area contributed by atoms with Gasteiger partial charge in [0, 0.05) is 0 Å². The third kappa shape index (κ3) is 2.58. The van der Waals surface area contributed by atoms with Gasteiger partial charge in [-0.2, -0.15) is 0 Å². The molecule has 0 saturated carbocycles. The first-order chi connectivity index (χ1) is 7.75. The zero-order valence-corrected chi connectivity index (χ0v) is 8.67. The molecule has 1 aromatic carbocycles. The zero-order valence-electron chi connectivity index (χ0n) is 8.67. The summed E-state index contributed by atoms with van der Waals surface area (Å²) in [6, 6.07) is 9.71. The fraction of sp³-hybridized carbons (Fsp3) is 0.154. The molecule has 0 bridgehead atoms. The standard InChI is InChI=1S/C13H12O3/c14-12-7-6-11(8-13(12)15)16-9-10-4-2-1-3-5-10/h1-8,13,15H,9H2. The Morgan fingerprint density at radius 3 is 2.62 bits per heavy atom. The van der Waals surface area contributed by atoms with E-state index in [2.05, 4.69) is 0 Å². The van der Waals surface area contributed by atoms with Gasteiger partial charge in [0.05, 0.1) is 0 Å². The van der Waals surface area contributed by atoms with Gasteiger partial charge < -0.3 is 9.84 Å². The van der Waals surface area contributed by atoms with Gasteiger partial charge in [-0.15, -0.1) is 0 Å². The SMILES string of the molecule is O=C1C=CC(OCc2ccccc2)=CC1O. The van der Waals surface area contributed by atoms with Crippen LogP contribution in [0.25, 0.3) is 0 Å². The van der Waals surface area contributed by atoms with Crippen molar-refractivity contribution in [3.63, 3.8) is 0 Å². The van der Waals surface area contributed by atoms with Gasteiger partial charge >= 0.3 is 0 Å². The molecule has 1 aromatic rings. The molecule has 0 saturated heterocycles. The van der Waals surface area contributed by atoms with Crippen molar-refractivity contribution in [3.8, 4) is 0 Å². The van der Waals surface area contributed by atoms with Gasteiger partial charge in [-0.3, -0.25) is 4.79 Å². The minimum absolute atomic E-state index is 0.313. The van der Waals surface area contributed by atoms with E-state index in [4.69, 9.17) is 4.74 Å². The number of hydrogen-bond acceptors (Lipinski definition) is 3. The largest absolute Gasteiger partial charge is 0.489 e. The number of carbonyl (C=O) groups is 1. The molecule has 1 aliphatic carbocycles. The number of aliphatic hydroxyl groups is 1. The molecule has 2 rings (SSSR count). The highest BCUT2D eigenvalue weighted by atomic mass is 16.5. The molecule has 1 atom stereocenters. The second-order valence-electron chi connectivity index (χ2n) is 3.52. The Kier molecular flexibility index (Phi) is 3.17. The van der Waals surface area contributed by atoms with Crippen LogP contribution in [0.1, 0.15) is 5.56 Å². The lowest BCUT2D eigenvalue weighted by atomic mass is 10.1. The molecule has 0 radical (unpaired) electrons. The van der Waals surface area contributed by atoms with Crippen molar-refractivity contribution in [3.05, 3.63) is 59.9 Å². The third-order valence-corrected chi connectivity index (χ3v) is 2.27. The van der Waals surface area contributed by atoms with Crippen molar-refractivity contribution in [2.75, 3.05) is 0 Å². The molecule has 0 spiro atoms. The molecule has 3 heteroatoms. The Balaban J connectivity index is 1.95. The highest BCUT2D eigenvalue weighted by Gasteiger charge is 2.14. The number of aliphatic hydroxyl groups excluding tert-OH is 1. The summed E-state index contributed by atoms with van der Waals surface area (Å²) in [4.78, 5) is 11.0. The Morgan fingerprint density at radius 2 is 1.94 bits per heavy atom. The monoisotopic (exact) mass is 216 g/mol. The van der Waals surface area contributed by atoms with E-state index < -0.39 is 6.10 Å². The molecule has 16 heavy (non-hydrogen) atoms. The van der Waals surface area contributed by atoms with E-state index in [-0.39, 0.29) is 5.78 Å². The lowest BCUT2D eigenvalue weighted by Gasteiger charge is -2.12. The summed E-state index contributed by atoms with van der Waals surface area (Å²) in [6.45, 7) is 0.428. The summed E-state index contributed by atoms with van der Waals surface area (Å²) in [5, 5.41) is 9.29. The number of hydrogen-bond donors (Lipinski definition) is 1. The molecule has 3 nitrogen and oxygen atoms in total. The summed E-state index contributed by atoms with van der Waals surface area (Å²) >= 11 is 0. The van der Waals surface area contributed by atoms with Crippen molar-refractivity contribution in [1.82, 2.24) is 0 Å². The number of benzene rings is 1. The van der Waals surface area contributed by atoms with Gasteiger partial charge in [0.25, 0.3) is 0 Å². The predicted octanol–water partition coefficient (Wildman–Crippen LogP) is 1.59. The van der Waals surface area contributed by atoms with Crippen LogP contribution >= 0.6 is 0 Å². The minimum atomic E-state index is -1.07. The van der Waals surface area contributed by atoms with Crippen LogP contribution in [0.5, 0.6) is 0 Å². The van der Waals surface area contributed by atoms with Crippen LogP contribution in [-0.4, -0.2) is 17.0 Å². The summed E-state index contributed by atoms with van der Waals surface area (Å²) in [5.74, 6) is 0.211. The van der Waals surface area contributed by atoms with E-state index in [1.54, 1.807) is 6.08 Å². The van der Waals surface area contributed by atoms with Gasteiger partial charge in [-0.1, -0.05) is 30.3 Å². The smallest absolute Gasteiger partial charge is 0.188 e. The third-order valence-electron chi connectivity index (χ3n) is 2.27. The highest BCUT2D eigenvalue weighted by molar-refractivity contribution is 5.96. The Hall–Kier alpha value is -1.87. The summed E-state index contributed by atoms with van der Waals surface area (Å²) < 4.78 is 5.45. The van der Waals surface area contributed by atoms with E-state index >= 15 is 0 Å². The molecule has 0 heterocycles. The van der Waals surface area contributed by atoms with Crippen LogP contribution < -0.4 is 0 Å². The van der Waals surface area contributed by atoms with Crippen LogP contribution in [0.15, 0.2) is 54.3 Å². The van der Waals surface area contributed by atoms with Crippen molar-refractivity contribution in [2.24, 2.45) is 0 Å². The Morgan fingerprint density at radius 1 is 1.19 bits per heavy atom. The number of ketones is 1. The van der Waals surface area contributed by atoms with Gasteiger partial charge in [-0.25, -0.2) is 0 Å². The van der Waals surface area contributed by atoms with E-state index in [1.807, 2.05) is 30.3 Å². The molecule has 1 unspecified atom stereocenters. The normalized spacial score (nSPS) is 19.4. The summed E-state index contributed by atoms with van der Waals surface area (Å²) in [7, 11) is 0. The van der Waals surface area contributed by atoms with Crippen molar-refractivity contribution in [2.45, 2.75) is 12.7 Å². The van der Waals surface area contributed by atoms with E-state index in [9.17, 15) is 9.90 Å². The molecular weight excluding hydrogens is 204 g/mol. The fourth-order valence-electron chi connectivity index (χ4n) is 1.39. The first-order valence-corrected chi connectivity index (χ1v) is 5.04. The maximum atomic E-state index is 11.0. The van der Waals surface area contributed by atoms with Gasteiger partial charge in [0.2, 0.25) is 0 Å². The molecule has 1 N–H and O–H groups in total. The lowest BCUT2D eigenvalue weighted by molar-refractivity contribution is -0.120. The van der Waals surface area contributed by atoms with E-state index in [1.165, 1.54) is 12.2 Å². The second-order valence-corrected chi connectivity index (χ2v) is 3.52. The lowest BCUT2D eigenvalue weighted by Crippen LogP contribution is -2.18. The highest BCUT2D eigenvalue weighted by Crippen LogP contribution is 2.12. The van der Waals surface area contributed by atoms with Gasteiger partial charge in [-0.05, 0) is 23.8 Å². The quantitative estimate of drug-likeness (QED) is 0.834. The summed E-state index contributed by atoms with van der Waals surface area (Å²) in [6.07, 6.45) is 3.23. The first-order valence-electron chi connectivity index (χ1n) is 5.04. The average molecular weight is 216 g/mol. The van der Waals surface area contributed by atoms with Gasteiger partial charge in [0.15, 0.2) is 5.78 Å². The van der Waals surface area contributed by atoms with Crippen molar-refractivity contribution < 1.29 is 14.6 Å². The molecule has 0 aliphatic heterocycles. The van der Waals surface area contributed by atoms with Crippen LogP contribution in [0.3, 0.4) is 0 Å². The summed E-state index contributed by atoms with van der Waals surface area (Å²) in [5.41, 5.74) is 1.04. The number of rotatable bonds is 3. The number of carbonyl (C=O) groups excluding carboxylic acids is 1. The minimum Gasteiger partial charge on any atom is -0.489 e. The molecule has 0 aromatic heterocycles. The van der Waals surface area contributed by atoms with Crippen molar-refractivity contribution in [1.29, 1.82) is 0 Å². The first kappa shape index (κ1) is 10.6. The van der Waals surface area contributed by atoms with Crippen LogP contribution in [-0.2, 0) is 16.1 Å². The van der Waals surface area contributed by atoms with Crippen LogP contribution in [0, 0.1) is 0 Å². The average Bonchev–Trinajstić information content (AvgIpc) is 2.32. The predicted molar refractivity (Wildman–Crippen MR) is 59.5 cm³/mol. The number of allylic oxidation sites excluding steroid dienone is 1. The number of ether oxygens (including phenoxy) is 1. The molecule has 82 valence electrons. The molecule has 0 amide bonds. The maximum absolute atomic E-state index is 11.0. The van der Waals surface area contributed by atoms with E-state index in [0.29, 0.717) is 12.4 Å². The fourth-order valence-corrected chi connectivity index (χ4v) is 1.39. The topological polar surface area (TPSA) is 46.5 Å². The van der Waals surface area contributed by atoms with E-state index in [0.717, 1.165) is 5.56 Å². The second kappa shape index (κ2) is 4.77. The van der Waals surface area contributed by atoms with Crippen LogP contribution in [0.2, 0.25) is 0 Å². The zero-order chi connectivity index (χ0) is 11.4. The Bertz CT molecular complexity index is 432.